The number of nitrogens with zero attached hydrogens (tertiary/aromatic N) is 5. The van der Waals surface area contributed by atoms with Gasteiger partial charge in [-0.1, -0.05) is 51.1 Å². The van der Waals surface area contributed by atoms with Crippen LogP contribution in [0.15, 0.2) is 35.1 Å². The summed E-state index contributed by atoms with van der Waals surface area (Å²) in [6.07, 6.45) is 0.574. The quantitative estimate of drug-likeness (QED) is 0.425. The molecular weight excluding hydrogens is 428 g/mol. The minimum atomic E-state index is -3.11. The number of nitrogens with one attached hydrogen (secondary N) is 2. The lowest BCUT2D eigenvalue weighted by Gasteiger charge is -2.19. The first kappa shape index (κ1) is 23.7. The highest BCUT2D eigenvalue weighted by atomic mass is 32.2. The van der Waals surface area contributed by atoms with Crippen LogP contribution in [0.4, 0.5) is 11.8 Å². The highest BCUT2D eigenvalue weighted by Gasteiger charge is 2.21. The lowest BCUT2D eigenvalue weighted by Crippen LogP contribution is -2.33. The van der Waals surface area contributed by atoms with E-state index < -0.39 is 9.92 Å². The number of anilines is 2. The number of rotatable bonds is 10. The largest absolute Gasteiger partial charge is 0.382 e. The molecule has 32 heavy (non-hydrogen) atoms. The number of benzene rings is 1. The number of hydrogen-bond donors (Lipinski definition) is 3. The van der Waals surface area contributed by atoms with Crippen molar-refractivity contribution in [2.45, 2.75) is 40.4 Å². The van der Waals surface area contributed by atoms with Crippen molar-refractivity contribution in [3.63, 3.8) is 0 Å². The van der Waals surface area contributed by atoms with Gasteiger partial charge in [0.2, 0.25) is 5.95 Å². The summed E-state index contributed by atoms with van der Waals surface area (Å²) in [6.45, 7) is 7.51. The molecule has 0 amide bonds. The van der Waals surface area contributed by atoms with Crippen LogP contribution in [-0.4, -0.2) is 47.6 Å². The normalized spacial score (nSPS) is 13.7. The van der Waals surface area contributed by atoms with Gasteiger partial charge in [-0.15, -0.1) is 0 Å². The summed E-state index contributed by atoms with van der Waals surface area (Å²) in [5.74, 6) is 0.678. The SMILES string of the molecule is CCCS(=N)(=O)Nc1nc(N)c2c(n1)n(Cc1ccccc1)c(=O)n2CN(C)CC(C)C. The first-order chi connectivity index (χ1) is 15.1. The average molecular weight is 461 g/mol. The number of nitrogens with two attached hydrogens (primary N) is 1. The van der Waals surface area contributed by atoms with Gasteiger partial charge in [0.05, 0.1) is 19.0 Å². The van der Waals surface area contributed by atoms with E-state index in [-0.39, 0.29) is 23.2 Å². The molecule has 0 aliphatic rings. The second kappa shape index (κ2) is 9.70. The zero-order chi connectivity index (χ0) is 23.5. The van der Waals surface area contributed by atoms with Crippen molar-refractivity contribution < 1.29 is 4.21 Å². The second-order valence-electron chi connectivity index (χ2n) is 8.44. The van der Waals surface area contributed by atoms with Gasteiger partial charge in [0, 0.05) is 6.54 Å². The molecule has 3 aromatic rings. The third-order valence-corrected chi connectivity index (χ3v) is 6.37. The lowest BCUT2D eigenvalue weighted by molar-refractivity contribution is 0.239. The fourth-order valence-electron chi connectivity index (χ4n) is 3.73. The van der Waals surface area contributed by atoms with E-state index >= 15 is 0 Å². The van der Waals surface area contributed by atoms with Crippen molar-refractivity contribution in [2.75, 3.05) is 29.8 Å². The predicted octanol–water partition coefficient (Wildman–Crippen LogP) is 2.55. The van der Waals surface area contributed by atoms with E-state index in [1.165, 1.54) is 0 Å². The maximum atomic E-state index is 13.4. The Morgan fingerprint density at radius 1 is 1.22 bits per heavy atom. The molecule has 0 spiro atoms. The van der Waals surface area contributed by atoms with Crippen LogP contribution in [0.5, 0.6) is 0 Å². The molecule has 0 aliphatic heterocycles. The highest BCUT2D eigenvalue weighted by molar-refractivity contribution is 7.93. The van der Waals surface area contributed by atoms with Crippen molar-refractivity contribution in [3.05, 3.63) is 46.4 Å². The Morgan fingerprint density at radius 3 is 2.53 bits per heavy atom. The Hall–Kier alpha value is -2.92. The molecule has 0 bridgehead atoms. The Labute approximate surface area is 188 Å². The van der Waals surface area contributed by atoms with Crippen LogP contribution in [0.1, 0.15) is 32.8 Å². The minimum absolute atomic E-state index is 0.0158. The van der Waals surface area contributed by atoms with Crippen molar-refractivity contribution in [3.8, 4) is 0 Å². The van der Waals surface area contributed by atoms with Crippen molar-refractivity contribution in [1.82, 2.24) is 24.0 Å². The van der Waals surface area contributed by atoms with Crippen LogP contribution in [0.25, 0.3) is 11.2 Å². The molecule has 1 aromatic carbocycles. The van der Waals surface area contributed by atoms with E-state index in [9.17, 15) is 9.00 Å². The first-order valence-electron chi connectivity index (χ1n) is 10.6. The van der Waals surface area contributed by atoms with Gasteiger partial charge in [0.25, 0.3) is 0 Å². The number of imidazole rings is 1. The number of nitrogen functional groups attached to an aromatic ring is 1. The summed E-state index contributed by atoms with van der Waals surface area (Å²) in [6, 6.07) is 9.60. The molecule has 0 aliphatic carbocycles. The van der Waals surface area contributed by atoms with E-state index in [1.54, 1.807) is 9.13 Å². The zero-order valence-electron chi connectivity index (χ0n) is 19.0. The van der Waals surface area contributed by atoms with E-state index in [1.807, 2.05) is 49.2 Å². The standard InChI is InChI=1S/C21H32N8O2S/c1-5-11-32(23,31)26-20-24-18(22)17-19(25-20)28(13-16-9-7-6-8-10-16)21(30)29(17)14-27(4)12-15(2)3/h6-10,15H,5,11-14H2,1-4H3,(H4,22,23,24,25,26,31). The zero-order valence-corrected chi connectivity index (χ0v) is 19.9. The fraction of sp³-hybridized carbons (Fsp3) is 0.476. The molecule has 1 unspecified atom stereocenters. The summed E-state index contributed by atoms with van der Waals surface area (Å²) in [5, 5.41) is 0. The smallest absolute Gasteiger partial charge is 0.331 e. The van der Waals surface area contributed by atoms with Gasteiger partial charge in [0.1, 0.15) is 15.4 Å². The van der Waals surface area contributed by atoms with Crippen molar-refractivity contribution >= 4 is 32.8 Å². The Morgan fingerprint density at radius 2 is 1.91 bits per heavy atom. The topological polar surface area (TPSA) is 135 Å². The third kappa shape index (κ3) is 5.46. The molecular formula is C21H32N8O2S. The van der Waals surface area contributed by atoms with E-state index in [2.05, 4.69) is 28.5 Å². The molecule has 1 atom stereocenters. The highest BCUT2D eigenvalue weighted by Crippen LogP contribution is 2.21. The molecule has 174 valence electrons. The van der Waals surface area contributed by atoms with Crippen molar-refractivity contribution in [1.29, 1.82) is 4.78 Å². The maximum absolute atomic E-state index is 13.4. The van der Waals surface area contributed by atoms with Crippen LogP contribution in [0.2, 0.25) is 0 Å². The number of aromatic nitrogens is 4. The minimum Gasteiger partial charge on any atom is -0.382 e. The molecule has 4 N–H and O–H groups in total. The fourth-order valence-corrected chi connectivity index (χ4v) is 4.80. The number of hydrogen-bond acceptors (Lipinski definition) is 7. The first-order valence-corrected chi connectivity index (χ1v) is 12.4. The molecule has 0 radical (unpaired) electrons. The number of fused-ring (bicyclic) bond motifs is 1. The predicted molar refractivity (Wildman–Crippen MR) is 129 cm³/mol. The van der Waals surface area contributed by atoms with Crippen molar-refractivity contribution in [2.24, 2.45) is 5.92 Å². The molecule has 10 nitrogen and oxygen atoms in total. The van der Waals surface area contributed by atoms with Gasteiger partial charge in [-0.2, -0.15) is 9.97 Å². The lowest BCUT2D eigenvalue weighted by atomic mass is 10.2. The van der Waals surface area contributed by atoms with Gasteiger partial charge in [-0.05, 0) is 24.9 Å². The van der Waals surface area contributed by atoms with Crippen LogP contribution < -0.4 is 16.1 Å². The van der Waals surface area contributed by atoms with Gasteiger partial charge in [0.15, 0.2) is 11.5 Å². The summed E-state index contributed by atoms with van der Waals surface area (Å²) in [7, 11) is -1.17. The third-order valence-electron chi connectivity index (χ3n) is 4.87. The molecule has 0 saturated carbocycles. The average Bonchev–Trinajstić information content (AvgIpc) is 2.93. The molecule has 11 heteroatoms. The van der Waals surface area contributed by atoms with Gasteiger partial charge >= 0.3 is 5.69 Å². The Balaban J connectivity index is 2.15. The van der Waals surface area contributed by atoms with E-state index in [0.717, 1.165) is 12.1 Å². The molecule has 0 saturated heterocycles. The van der Waals surface area contributed by atoms with Gasteiger partial charge < -0.3 is 5.73 Å². The summed E-state index contributed by atoms with van der Waals surface area (Å²) >= 11 is 0. The van der Waals surface area contributed by atoms with Gasteiger partial charge in [-0.3, -0.25) is 18.8 Å². The Bertz CT molecular complexity index is 1230. The van der Waals surface area contributed by atoms with Crippen LogP contribution in [0.3, 0.4) is 0 Å². The molecule has 2 aromatic heterocycles. The van der Waals surface area contributed by atoms with Gasteiger partial charge in [-0.25, -0.2) is 13.8 Å². The summed E-state index contributed by atoms with van der Waals surface area (Å²) in [4.78, 5) is 24.2. The van der Waals surface area contributed by atoms with Crippen LogP contribution in [0, 0.1) is 10.7 Å². The van der Waals surface area contributed by atoms with E-state index in [0.29, 0.717) is 36.7 Å². The Kier molecular flexibility index (Phi) is 7.19. The van der Waals surface area contributed by atoms with Crippen LogP contribution >= 0.6 is 0 Å². The molecule has 0 fully saturated rings. The molecule has 2 heterocycles. The summed E-state index contributed by atoms with van der Waals surface area (Å²) in [5.41, 5.74) is 7.73. The molecule has 3 rings (SSSR count). The monoisotopic (exact) mass is 460 g/mol. The summed E-state index contributed by atoms with van der Waals surface area (Å²) < 4.78 is 26.2. The second-order valence-corrected chi connectivity index (χ2v) is 10.4. The van der Waals surface area contributed by atoms with E-state index in [4.69, 9.17) is 10.5 Å². The maximum Gasteiger partial charge on any atom is 0.331 e. The van der Waals surface area contributed by atoms with Crippen LogP contribution in [-0.2, 0) is 23.1 Å².